The van der Waals surface area contributed by atoms with Crippen LogP contribution in [0.15, 0.2) is 77.3 Å². The second kappa shape index (κ2) is 11.6. The van der Waals surface area contributed by atoms with Gasteiger partial charge in [0.2, 0.25) is 0 Å². The zero-order valence-electron chi connectivity index (χ0n) is 22.1. The number of fused-ring (bicyclic) bond motifs is 1. The van der Waals surface area contributed by atoms with Crippen molar-refractivity contribution in [2.45, 2.75) is 39.2 Å². The van der Waals surface area contributed by atoms with Crippen LogP contribution in [0.4, 0.5) is 5.69 Å². The van der Waals surface area contributed by atoms with Crippen LogP contribution >= 0.6 is 0 Å². The van der Waals surface area contributed by atoms with Crippen LogP contribution < -0.4 is 5.43 Å². The van der Waals surface area contributed by atoms with Gasteiger partial charge >= 0.3 is 0 Å². The van der Waals surface area contributed by atoms with Crippen LogP contribution in [0.3, 0.4) is 0 Å². The van der Waals surface area contributed by atoms with E-state index in [1.54, 1.807) is 14.0 Å². The molecule has 2 heterocycles. The van der Waals surface area contributed by atoms with Crippen LogP contribution in [-0.4, -0.2) is 55.6 Å². The molecule has 5 nitrogen and oxygen atoms in total. The summed E-state index contributed by atoms with van der Waals surface area (Å²) < 4.78 is 0. The zero-order valence-corrected chi connectivity index (χ0v) is 22.1. The van der Waals surface area contributed by atoms with Crippen molar-refractivity contribution in [3.63, 3.8) is 0 Å². The SMILES string of the molecule is C=C(/C=C(\C)CN1CCC(c2ccc(C(C)=O)cc2)CC1)/C(=C\C=NC)c1ccc2c(c1)CN(C)N2. The fraction of sp³-hybridized carbons (Fsp3) is 0.355. The van der Waals surface area contributed by atoms with Gasteiger partial charge in [-0.25, -0.2) is 5.01 Å². The molecule has 1 saturated heterocycles. The Balaban J connectivity index is 1.38. The predicted octanol–water partition coefficient (Wildman–Crippen LogP) is 6.13. The van der Waals surface area contributed by atoms with E-state index in [9.17, 15) is 4.79 Å². The molecule has 2 aliphatic heterocycles. The van der Waals surface area contributed by atoms with E-state index in [1.165, 1.54) is 22.4 Å². The predicted molar refractivity (Wildman–Crippen MR) is 152 cm³/mol. The second-order valence-electron chi connectivity index (χ2n) is 10.1. The van der Waals surface area contributed by atoms with Gasteiger partial charge in [-0.05, 0) is 91.7 Å². The Kier molecular flexibility index (Phi) is 8.34. The quantitative estimate of drug-likeness (QED) is 0.279. The van der Waals surface area contributed by atoms with Gasteiger partial charge in [0.05, 0.1) is 5.69 Å². The number of ketones is 1. The summed E-state index contributed by atoms with van der Waals surface area (Å²) in [4.78, 5) is 18.3. The lowest BCUT2D eigenvalue weighted by atomic mass is 9.88. The molecule has 2 aromatic rings. The minimum absolute atomic E-state index is 0.126. The molecule has 0 aromatic heterocycles. The van der Waals surface area contributed by atoms with Crippen LogP contribution in [-0.2, 0) is 6.54 Å². The van der Waals surface area contributed by atoms with E-state index in [2.05, 4.69) is 83.4 Å². The number of rotatable bonds is 8. The first kappa shape index (κ1) is 25.8. The van der Waals surface area contributed by atoms with E-state index < -0.39 is 0 Å². The molecule has 188 valence electrons. The number of nitrogens with zero attached hydrogens (tertiary/aromatic N) is 3. The van der Waals surface area contributed by atoms with Crippen LogP contribution in [0.2, 0.25) is 0 Å². The average molecular weight is 483 g/mol. The van der Waals surface area contributed by atoms with E-state index in [-0.39, 0.29) is 5.78 Å². The maximum Gasteiger partial charge on any atom is 0.159 e. The summed E-state index contributed by atoms with van der Waals surface area (Å²) in [5.41, 5.74) is 12.6. The van der Waals surface area contributed by atoms with Crippen molar-refractivity contribution in [3.05, 3.63) is 94.6 Å². The van der Waals surface area contributed by atoms with Crippen LogP contribution in [0.1, 0.15) is 59.7 Å². The Morgan fingerprint density at radius 2 is 1.81 bits per heavy atom. The normalized spacial score (nSPS) is 17.9. The number of carbonyl (C=O) groups excluding carboxylic acids is 1. The van der Waals surface area contributed by atoms with Crippen molar-refractivity contribution in [3.8, 4) is 0 Å². The fourth-order valence-corrected chi connectivity index (χ4v) is 5.23. The third kappa shape index (κ3) is 6.28. The number of hydrogen-bond donors (Lipinski definition) is 1. The fourth-order valence-electron chi connectivity index (χ4n) is 5.23. The summed E-state index contributed by atoms with van der Waals surface area (Å²) in [6.45, 7) is 12.2. The minimum atomic E-state index is 0.126. The topological polar surface area (TPSA) is 47.9 Å². The van der Waals surface area contributed by atoms with E-state index in [1.807, 2.05) is 18.3 Å². The van der Waals surface area contributed by atoms with Crippen LogP contribution in [0.25, 0.3) is 5.57 Å². The highest BCUT2D eigenvalue weighted by molar-refractivity contribution is 5.94. The van der Waals surface area contributed by atoms with E-state index in [4.69, 9.17) is 0 Å². The lowest BCUT2D eigenvalue weighted by Gasteiger charge is -2.32. The highest BCUT2D eigenvalue weighted by Crippen LogP contribution is 2.32. The standard InChI is InChI=1S/C31H38N4O/c1-22(20-35-16-13-27(14-17-35)26-8-6-25(7-9-26)24(3)36)18-23(2)30(12-15-32-4)28-10-11-31-29(19-28)21-34(5)33-31/h6-12,15,18-19,27,33H,2,13-14,16-17,20-21H2,1,3-5H3/b22-18+,30-12+,32-15?. The molecule has 1 N–H and O–H groups in total. The molecule has 4 rings (SSSR count). The molecule has 0 amide bonds. The third-order valence-electron chi connectivity index (χ3n) is 7.14. The molecule has 2 aliphatic rings. The Bertz CT molecular complexity index is 1200. The number of hydrazine groups is 1. The summed E-state index contributed by atoms with van der Waals surface area (Å²) in [5, 5.41) is 2.09. The number of nitrogens with one attached hydrogen (secondary N) is 1. The van der Waals surface area contributed by atoms with Gasteiger partial charge in [-0.15, -0.1) is 0 Å². The van der Waals surface area contributed by atoms with Gasteiger partial charge in [0.15, 0.2) is 5.78 Å². The number of hydrogen-bond acceptors (Lipinski definition) is 5. The number of likely N-dealkylation sites (tertiary alicyclic amines) is 1. The second-order valence-corrected chi connectivity index (χ2v) is 10.1. The maximum atomic E-state index is 11.6. The van der Waals surface area contributed by atoms with E-state index in [0.29, 0.717) is 5.92 Å². The summed E-state index contributed by atoms with van der Waals surface area (Å²) in [7, 11) is 3.85. The molecule has 0 radical (unpaired) electrons. The molecular formula is C31H38N4O. The largest absolute Gasteiger partial charge is 0.318 e. The molecule has 36 heavy (non-hydrogen) atoms. The number of Topliss-reactive ketones (excluding diaryl/α,β-unsaturated/α-hetero) is 1. The Morgan fingerprint density at radius 3 is 2.47 bits per heavy atom. The number of benzene rings is 2. The third-order valence-corrected chi connectivity index (χ3v) is 7.14. The molecule has 0 unspecified atom stereocenters. The van der Waals surface area contributed by atoms with Crippen molar-refractivity contribution in [2.75, 3.05) is 39.2 Å². The number of aliphatic imine (C=N–C) groups is 1. The lowest BCUT2D eigenvalue weighted by molar-refractivity contribution is 0.101. The zero-order chi connectivity index (χ0) is 25.7. The molecule has 0 atom stereocenters. The smallest absolute Gasteiger partial charge is 0.159 e. The first-order valence-electron chi connectivity index (χ1n) is 12.8. The monoisotopic (exact) mass is 482 g/mol. The molecule has 0 saturated carbocycles. The molecule has 2 aromatic carbocycles. The highest BCUT2D eigenvalue weighted by atomic mass is 16.1. The van der Waals surface area contributed by atoms with Crippen molar-refractivity contribution in [1.29, 1.82) is 0 Å². The summed E-state index contributed by atoms with van der Waals surface area (Å²) in [6, 6.07) is 14.7. The van der Waals surface area contributed by atoms with E-state index >= 15 is 0 Å². The lowest BCUT2D eigenvalue weighted by Crippen LogP contribution is -2.34. The van der Waals surface area contributed by atoms with Crippen molar-refractivity contribution >= 4 is 23.3 Å². The van der Waals surface area contributed by atoms with Gasteiger partial charge < -0.3 is 5.43 Å². The molecule has 5 heteroatoms. The number of piperidine rings is 1. The Labute approximate surface area is 215 Å². The first-order valence-corrected chi connectivity index (χ1v) is 12.8. The summed E-state index contributed by atoms with van der Waals surface area (Å²) >= 11 is 0. The van der Waals surface area contributed by atoms with Gasteiger partial charge in [-0.1, -0.05) is 48.6 Å². The van der Waals surface area contributed by atoms with Gasteiger partial charge in [-0.2, -0.15) is 0 Å². The van der Waals surface area contributed by atoms with Crippen LogP contribution in [0.5, 0.6) is 0 Å². The molecular weight excluding hydrogens is 444 g/mol. The molecule has 1 fully saturated rings. The molecule has 0 bridgehead atoms. The average Bonchev–Trinajstić information content (AvgIpc) is 3.24. The minimum Gasteiger partial charge on any atom is -0.318 e. The van der Waals surface area contributed by atoms with Crippen molar-refractivity contribution < 1.29 is 4.79 Å². The van der Waals surface area contributed by atoms with E-state index in [0.717, 1.165) is 61.3 Å². The van der Waals surface area contributed by atoms with Gasteiger partial charge in [0, 0.05) is 39.0 Å². The Morgan fingerprint density at radius 1 is 1.11 bits per heavy atom. The number of carbonyl (C=O) groups is 1. The summed E-state index contributed by atoms with van der Waals surface area (Å²) in [6.07, 6.45) is 8.41. The number of allylic oxidation sites excluding steroid dienone is 4. The van der Waals surface area contributed by atoms with Crippen LogP contribution in [0, 0.1) is 0 Å². The molecule has 0 aliphatic carbocycles. The first-order chi connectivity index (χ1) is 17.3. The van der Waals surface area contributed by atoms with Gasteiger partial charge in [0.1, 0.15) is 0 Å². The maximum absolute atomic E-state index is 11.6. The number of anilines is 1. The van der Waals surface area contributed by atoms with Crippen molar-refractivity contribution in [2.24, 2.45) is 4.99 Å². The summed E-state index contributed by atoms with van der Waals surface area (Å²) in [5.74, 6) is 0.693. The van der Waals surface area contributed by atoms with Gasteiger partial charge in [-0.3, -0.25) is 14.7 Å². The van der Waals surface area contributed by atoms with Crippen molar-refractivity contribution in [1.82, 2.24) is 9.91 Å². The molecule has 0 spiro atoms. The Hall–Kier alpha value is -3.28. The van der Waals surface area contributed by atoms with Gasteiger partial charge in [0.25, 0.3) is 0 Å². The highest BCUT2D eigenvalue weighted by Gasteiger charge is 2.21.